The summed E-state index contributed by atoms with van der Waals surface area (Å²) in [6.45, 7) is 3.60. The zero-order valence-corrected chi connectivity index (χ0v) is 19.1. The van der Waals surface area contributed by atoms with Crippen molar-refractivity contribution in [2.75, 3.05) is 47.1 Å². The first kappa shape index (κ1) is 22.3. The molecule has 1 aliphatic rings. The van der Waals surface area contributed by atoms with Crippen molar-refractivity contribution >= 4 is 17.2 Å². The fourth-order valence-corrected chi connectivity index (χ4v) is 4.58. The lowest BCUT2D eigenvalue weighted by atomic mass is 10.0. The molecule has 0 bridgehead atoms. The Morgan fingerprint density at radius 2 is 1.88 bits per heavy atom. The molecule has 2 heterocycles. The summed E-state index contributed by atoms with van der Waals surface area (Å²) in [5.74, 6) is 1.10. The number of nitrogens with one attached hydrogen (secondary N) is 1. The van der Waals surface area contributed by atoms with Crippen LogP contribution >= 0.6 is 11.3 Å². The van der Waals surface area contributed by atoms with Crippen LogP contribution < -0.4 is 14.8 Å². The van der Waals surface area contributed by atoms with Gasteiger partial charge in [-0.05, 0) is 23.8 Å². The first-order valence-corrected chi connectivity index (χ1v) is 11.4. The highest BCUT2D eigenvalue weighted by atomic mass is 32.1. The Kier molecular flexibility index (Phi) is 7.36. The molecule has 1 amide bonds. The third-order valence-corrected chi connectivity index (χ3v) is 6.39. The van der Waals surface area contributed by atoms with Crippen LogP contribution in [-0.2, 0) is 4.74 Å². The molecule has 1 N–H and O–H groups in total. The zero-order valence-electron chi connectivity index (χ0n) is 18.2. The van der Waals surface area contributed by atoms with Gasteiger partial charge in [0.25, 0.3) is 5.91 Å². The van der Waals surface area contributed by atoms with Crippen molar-refractivity contribution in [3.05, 3.63) is 65.2 Å². The minimum atomic E-state index is -0.179. The van der Waals surface area contributed by atoms with E-state index in [2.05, 4.69) is 27.3 Å². The maximum absolute atomic E-state index is 12.9. The van der Waals surface area contributed by atoms with E-state index in [4.69, 9.17) is 14.2 Å². The molecule has 1 aromatic heterocycles. The van der Waals surface area contributed by atoms with Gasteiger partial charge in [0.1, 0.15) is 10.7 Å². The Morgan fingerprint density at radius 1 is 1.12 bits per heavy atom. The molecule has 1 fully saturated rings. The number of nitrogens with zero attached hydrogens (tertiary/aromatic N) is 2. The van der Waals surface area contributed by atoms with Crippen molar-refractivity contribution in [3.63, 3.8) is 0 Å². The van der Waals surface area contributed by atoms with Gasteiger partial charge in [0.05, 0.1) is 33.5 Å². The fourth-order valence-electron chi connectivity index (χ4n) is 3.78. The molecule has 1 unspecified atom stereocenters. The smallest absolute Gasteiger partial charge is 0.270 e. The second-order valence-corrected chi connectivity index (χ2v) is 8.25. The summed E-state index contributed by atoms with van der Waals surface area (Å²) >= 11 is 1.43. The molecule has 0 radical (unpaired) electrons. The molecule has 2 aromatic carbocycles. The van der Waals surface area contributed by atoms with E-state index in [1.807, 2.05) is 36.4 Å². The van der Waals surface area contributed by atoms with Crippen LogP contribution in [0.1, 0.15) is 22.1 Å². The van der Waals surface area contributed by atoms with Gasteiger partial charge in [-0.15, -0.1) is 11.3 Å². The SMILES string of the molecule is COc1ccc(-c2nc(C(=O)NCC(c3ccccc3)N3CCOCC3)cs2)cc1OC. The summed E-state index contributed by atoms with van der Waals surface area (Å²) in [5.41, 5.74) is 2.47. The molecule has 1 aliphatic heterocycles. The molecule has 1 saturated heterocycles. The number of hydrogen-bond acceptors (Lipinski definition) is 7. The Hall–Kier alpha value is -2.94. The number of rotatable bonds is 8. The van der Waals surface area contributed by atoms with Gasteiger partial charge in [0.2, 0.25) is 0 Å². The van der Waals surface area contributed by atoms with Crippen molar-refractivity contribution in [3.8, 4) is 22.1 Å². The molecule has 1 atom stereocenters. The molecular weight excluding hydrogens is 426 g/mol. The first-order valence-electron chi connectivity index (χ1n) is 10.5. The monoisotopic (exact) mass is 453 g/mol. The topological polar surface area (TPSA) is 72.9 Å². The maximum Gasteiger partial charge on any atom is 0.270 e. The number of aromatic nitrogens is 1. The summed E-state index contributed by atoms with van der Waals surface area (Å²) in [6.07, 6.45) is 0. The summed E-state index contributed by atoms with van der Waals surface area (Å²) in [4.78, 5) is 19.8. The molecule has 168 valence electrons. The maximum atomic E-state index is 12.9. The summed E-state index contributed by atoms with van der Waals surface area (Å²) < 4.78 is 16.2. The fraction of sp³-hybridized carbons (Fsp3) is 0.333. The van der Waals surface area contributed by atoms with Gasteiger partial charge < -0.3 is 19.5 Å². The van der Waals surface area contributed by atoms with Crippen LogP contribution in [0.15, 0.2) is 53.9 Å². The molecule has 3 aromatic rings. The highest BCUT2D eigenvalue weighted by Gasteiger charge is 2.24. The van der Waals surface area contributed by atoms with E-state index in [1.54, 1.807) is 19.6 Å². The van der Waals surface area contributed by atoms with Gasteiger partial charge in [-0.3, -0.25) is 9.69 Å². The van der Waals surface area contributed by atoms with E-state index < -0.39 is 0 Å². The minimum absolute atomic E-state index is 0.0907. The van der Waals surface area contributed by atoms with Crippen LogP contribution in [0.5, 0.6) is 11.5 Å². The number of benzene rings is 2. The van der Waals surface area contributed by atoms with Crippen LogP contribution in [0.25, 0.3) is 10.6 Å². The highest BCUT2D eigenvalue weighted by Crippen LogP contribution is 2.33. The minimum Gasteiger partial charge on any atom is -0.493 e. The summed E-state index contributed by atoms with van der Waals surface area (Å²) in [6, 6.07) is 16.0. The van der Waals surface area contributed by atoms with Gasteiger partial charge >= 0.3 is 0 Å². The Balaban J connectivity index is 1.46. The number of morpholine rings is 1. The van der Waals surface area contributed by atoms with Gasteiger partial charge in [-0.25, -0.2) is 4.98 Å². The molecule has 8 heteroatoms. The van der Waals surface area contributed by atoms with Crippen LogP contribution in [-0.4, -0.2) is 62.9 Å². The first-order chi connectivity index (χ1) is 15.7. The highest BCUT2D eigenvalue weighted by molar-refractivity contribution is 7.13. The second-order valence-electron chi connectivity index (χ2n) is 7.39. The predicted octanol–water partition coefficient (Wildman–Crippen LogP) is 3.63. The molecule has 4 rings (SSSR count). The van der Waals surface area contributed by atoms with Crippen molar-refractivity contribution < 1.29 is 19.0 Å². The normalized spacial score (nSPS) is 15.2. The number of carbonyl (C=O) groups excluding carboxylic acids is 1. The van der Waals surface area contributed by atoms with Crippen LogP contribution in [0.2, 0.25) is 0 Å². The number of amides is 1. The zero-order chi connectivity index (χ0) is 22.3. The number of ether oxygens (including phenoxy) is 3. The Morgan fingerprint density at radius 3 is 2.59 bits per heavy atom. The molecule has 32 heavy (non-hydrogen) atoms. The van der Waals surface area contributed by atoms with E-state index >= 15 is 0 Å². The second kappa shape index (κ2) is 10.6. The van der Waals surface area contributed by atoms with Crippen LogP contribution in [0.3, 0.4) is 0 Å². The lowest BCUT2D eigenvalue weighted by Crippen LogP contribution is -2.43. The third kappa shape index (κ3) is 5.09. The van der Waals surface area contributed by atoms with Crippen molar-refractivity contribution in [2.24, 2.45) is 0 Å². The lowest BCUT2D eigenvalue weighted by molar-refractivity contribution is 0.0162. The van der Waals surface area contributed by atoms with Gasteiger partial charge in [-0.2, -0.15) is 0 Å². The Labute approximate surface area is 191 Å². The number of hydrogen-bond donors (Lipinski definition) is 1. The van der Waals surface area contributed by atoms with Crippen molar-refractivity contribution in [1.82, 2.24) is 15.2 Å². The molecule has 0 aliphatic carbocycles. The average Bonchev–Trinajstić information content (AvgIpc) is 3.35. The van der Waals surface area contributed by atoms with E-state index in [1.165, 1.54) is 16.9 Å². The van der Waals surface area contributed by atoms with Gasteiger partial charge in [0.15, 0.2) is 11.5 Å². The van der Waals surface area contributed by atoms with Gasteiger partial charge in [0, 0.05) is 30.6 Å². The van der Waals surface area contributed by atoms with E-state index in [0.717, 1.165) is 23.7 Å². The van der Waals surface area contributed by atoms with E-state index in [-0.39, 0.29) is 11.9 Å². The third-order valence-electron chi connectivity index (χ3n) is 5.49. The number of thiazole rings is 1. The summed E-state index contributed by atoms with van der Waals surface area (Å²) in [7, 11) is 3.20. The molecule has 7 nitrogen and oxygen atoms in total. The average molecular weight is 454 g/mol. The Bertz CT molecular complexity index is 1030. The molecular formula is C24H27N3O4S. The number of methoxy groups -OCH3 is 2. The van der Waals surface area contributed by atoms with Gasteiger partial charge in [-0.1, -0.05) is 30.3 Å². The number of carbonyl (C=O) groups is 1. The van der Waals surface area contributed by atoms with Crippen molar-refractivity contribution in [2.45, 2.75) is 6.04 Å². The standard InChI is InChI=1S/C24H27N3O4S/c1-29-21-9-8-18(14-22(21)30-2)24-26-19(16-32-24)23(28)25-15-20(17-6-4-3-5-7-17)27-10-12-31-13-11-27/h3-9,14,16,20H,10-13,15H2,1-2H3,(H,25,28). The molecule has 0 spiro atoms. The van der Waals surface area contributed by atoms with Crippen LogP contribution in [0, 0.1) is 0 Å². The lowest BCUT2D eigenvalue weighted by Gasteiger charge is -2.34. The summed E-state index contributed by atoms with van der Waals surface area (Å²) in [5, 5.41) is 5.62. The largest absolute Gasteiger partial charge is 0.493 e. The molecule has 0 saturated carbocycles. The van der Waals surface area contributed by atoms with Crippen LogP contribution in [0.4, 0.5) is 0 Å². The predicted molar refractivity (Wildman–Crippen MR) is 125 cm³/mol. The quantitative estimate of drug-likeness (QED) is 0.562. The van der Waals surface area contributed by atoms with Crippen molar-refractivity contribution in [1.29, 1.82) is 0 Å². The van der Waals surface area contributed by atoms with E-state index in [9.17, 15) is 4.79 Å². The van der Waals surface area contributed by atoms with E-state index in [0.29, 0.717) is 37.0 Å².